The number of benzene rings is 1. The van der Waals surface area contributed by atoms with Gasteiger partial charge >= 0.3 is 0 Å². The lowest BCUT2D eigenvalue weighted by Crippen LogP contribution is -2.10. The highest BCUT2D eigenvalue weighted by Gasteiger charge is 2.19. The number of Topliss-reactive ketones (excluding diaryl/α,β-unsaturated/α-hetero) is 1. The Hall–Kier alpha value is -1.11. The van der Waals surface area contributed by atoms with E-state index in [1.54, 1.807) is 6.92 Å². The maximum absolute atomic E-state index is 11.2. The SMILES string of the molecule is CC(=O)c1ccc(C2CCC(C)CC2)cc1. The van der Waals surface area contributed by atoms with E-state index >= 15 is 0 Å². The van der Waals surface area contributed by atoms with Gasteiger partial charge in [-0.1, -0.05) is 44.0 Å². The van der Waals surface area contributed by atoms with Gasteiger partial charge in [-0.25, -0.2) is 0 Å². The highest BCUT2D eigenvalue weighted by molar-refractivity contribution is 5.94. The van der Waals surface area contributed by atoms with Crippen LogP contribution in [0, 0.1) is 5.92 Å². The van der Waals surface area contributed by atoms with E-state index < -0.39 is 0 Å². The van der Waals surface area contributed by atoms with Crippen LogP contribution in [0.1, 0.15) is 61.4 Å². The molecule has 1 saturated carbocycles. The normalized spacial score (nSPS) is 25.4. The van der Waals surface area contributed by atoms with E-state index in [-0.39, 0.29) is 5.78 Å². The summed E-state index contributed by atoms with van der Waals surface area (Å²) in [6.45, 7) is 3.96. The molecule has 2 rings (SSSR count). The number of ketones is 1. The minimum atomic E-state index is 0.156. The van der Waals surface area contributed by atoms with Crippen LogP contribution in [0.15, 0.2) is 24.3 Å². The lowest BCUT2D eigenvalue weighted by molar-refractivity contribution is 0.101. The lowest BCUT2D eigenvalue weighted by Gasteiger charge is -2.26. The molecule has 1 heteroatoms. The molecule has 16 heavy (non-hydrogen) atoms. The maximum atomic E-state index is 11.2. The van der Waals surface area contributed by atoms with Crippen LogP contribution in [0.3, 0.4) is 0 Å². The summed E-state index contributed by atoms with van der Waals surface area (Å²) in [6.07, 6.45) is 5.30. The highest BCUT2D eigenvalue weighted by Crippen LogP contribution is 2.35. The van der Waals surface area contributed by atoms with Gasteiger partial charge in [-0.15, -0.1) is 0 Å². The first kappa shape index (κ1) is 11.4. The Morgan fingerprint density at radius 3 is 2.12 bits per heavy atom. The molecule has 0 spiro atoms. The van der Waals surface area contributed by atoms with Crippen LogP contribution in [-0.4, -0.2) is 5.78 Å². The van der Waals surface area contributed by atoms with E-state index in [9.17, 15) is 4.79 Å². The van der Waals surface area contributed by atoms with Crippen molar-refractivity contribution in [2.75, 3.05) is 0 Å². The van der Waals surface area contributed by atoms with Gasteiger partial charge in [0.1, 0.15) is 0 Å². The molecule has 0 unspecified atom stereocenters. The largest absolute Gasteiger partial charge is 0.295 e. The van der Waals surface area contributed by atoms with Crippen LogP contribution in [-0.2, 0) is 0 Å². The first-order valence-corrected chi connectivity index (χ1v) is 6.27. The smallest absolute Gasteiger partial charge is 0.159 e. The molecule has 86 valence electrons. The molecular formula is C15H20O. The molecule has 1 aliphatic carbocycles. The summed E-state index contributed by atoms with van der Waals surface area (Å²) in [5, 5.41) is 0. The van der Waals surface area contributed by atoms with Gasteiger partial charge in [-0.3, -0.25) is 4.79 Å². The molecule has 0 aromatic heterocycles. The van der Waals surface area contributed by atoms with E-state index in [0.717, 1.165) is 17.4 Å². The van der Waals surface area contributed by atoms with Gasteiger partial charge in [-0.2, -0.15) is 0 Å². The van der Waals surface area contributed by atoms with Gasteiger partial charge < -0.3 is 0 Å². The summed E-state index contributed by atoms with van der Waals surface area (Å²) in [5.74, 6) is 1.77. The van der Waals surface area contributed by atoms with Crippen molar-refractivity contribution in [3.8, 4) is 0 Å². The van der Waals surface area contributed by atoms with Gasteiger partial charge in [0.05, 0.1) is 0 Å². The first-order valence-electron chi connectivity index (χ1n) is 6.27. The molecule has 0 amide bonds. The summed E-state index contributed by atoms with van der Waals surface area (Å²) in [5.41, 5.74) is 2.24. The molecule has 0 radical (unpaired) electrons. The topological polar surface area (TPSA) is 17.1 Å². The third kappa shape index (κ3) is 2.52. The van der Waals surface area contributed by atoms with Gasteiger partial charge in [-0.05, 0) is 37.2 Å². The first-order chi connectivity index (χ1) is 7.66. The van der Waals surface area contributed by atoms with Crippen molar-refractivity contribution in [2.45, 2.75) is 45.4 Å². The molecule has 0 N–H and O–H groups in total. The van der Waals surface area contributed by atoms with Gasteiger partial charge in [0, 0.05) is 5.56 Å². The lowest BCUT2D eigenvalue weighted by atomic mass is 9.79. The average molecular weight is 216 g/mol. The fourth-order valence-electron chi connectivity index (χ4n) is 2.58. The van der Waals surface area contributed by atoms with Crippen molar-refractivity contribution in [1.29, 1.82) is 0 Å². The third-order valence-electron chi connectivity index (χ3n) is 3.80. The summed E-state index contributed by atoms with van der Waals surface area (Å²) in [6, 6.07) is 8.21. The fourth-order valence-corrected chi connectivity index (χ4v) is 2.58. The monoisotopic (exact) mass is 216 g/mol. The summed E-state index contributed by atoms with van der Waals surface area (Å²) in [4.78, 5) is 11.2. The zero-order valence-electron chi connectivity index (χ0n) is 10.2. The number of hydrogen-bond acceptors (Lipinski definition) is 1. The molecule has 1 aromatic carbocycles. The number of carbonyl (C=O) groups is 1. The van der Waals surface area contributed by atoms with Crippen LogP contribution in [0.4, 0.5) is 0 Å². The van der Waals surface area contributed by atoms with Gasteiger partial charge in [0.25, 0.3) is 0 Å². The maximum Gasteiger partial charge on any atom is 0.159 e. The molecule has 0 saturated heterocycles. The molecule has 1 fully saturated rings. The zero-order chi connectivity index (χ0) is 11.5. The molecule has 0 atom stereocenters. The Kier molecular flexibility index (Phi) is 3.42. The molecule has 1 aliphatic rings. The second-order valence-corrected chi connectivity index (χ2v) is 5.13. The zero-order valence-corrected chi connectivity index (χ0v) is 10.2. The van der Waals surface area contributed by atoms with Gasteiger partial charge in [0.2, 0.25) is 0 Å². The quantitative estimate of drug-likeness (QED) is 0.678. The Morgan fingerprint density at radius 1 is 1.06 bits per heavy atom. The Labute approximate surface area is 97.9 Å². The molecule has 1 nitrogen and oxygen atoms in total. The standard InChI is InChI=1S/C15H20O/c1-11-3-5-14(6-4-11)15-9-7-13(8-10-15)12(2)16/h7-11,14H,3-6H2,1-2H3. The van der Waals surface area contributed by atoms with Crippen molar-refractivity contribution in [2.24, 2.45) is 5.92 Å². The molecule has 0 bridgehead atoms. The van der Waals surface area contributed by atoms with E-state index in [1.807, 2.05) is 12.1 Å². The highest BCUT2D eigenvalue weighted by atomic mass is 16.1. The predicted octanol–water partition coefficient (Wildman–Crippen LogP) is 4.18. The van der Waals surface area contributed by atoms with Gasteiger partial charge in [0.15, 0.2) is 5.78 Å². The number of carbonyl (C=O) groups excluding carboxylic acids is 1. The molecular weight excluding hydrogens is 196 g/mol. The number of rotatable bonds is 2. The second kappa shape index (κ2) is 4.82. The van der Waals surface area contributed by atoms with Crippen LogP contribution >= 0.6 is 0 Å². The van der Waals surface area contributed by atoms with Crippen LogP contribution in [0.2, 0.25) is 0 Å². The van der Waals surface area contributed by atoms with Crippen LogP contribution < -0.4 is 0 Å². The molecule has 0 heterocycles. The third-order valence-corrected chi connectivity index (χ3v) is 3.80. The van der Waals surface area contributed by atoms with Crippen molar-refractivity contribution in [3.05, 3.63) is 35.4 Å². The van der Waals surface area contributed by atoms with Crippen molar-refractivity contribution < 1.29 is 4.79 Å². The van der Waals surface area contributed by atoms with Crippen LogP contribution in [0.5, 0.6) is 0 Å². The van der Waals surface area contributed by atoms with Crippen LogP contribution in [0.25, 0.3) is 0 Å². The average Bonchev–Trinajstić information content (AvgIpc) is 2.30. The minimum absolute atomic E-state index is 0.156. The Morgan fingerprint density at radius 2 is 1.62 bits per heavy atom. The molecule has 1 aromatic rings. The van der Waals surface area contributed by atoms with Crippen molar-refractivity contribution >= 4 is 5.78 Å². The summed E-state index contributed by atoms with van der Waals surface area (Å²) >= 11 is 0. The summed E-state index contributed by atoms with van der Waals surface area (Å²) < 4.78 is 0. The van der Waals surface area contributed by atoms with E-state index in [1.165, 1.54) is 31.2 Å². The summed E-state index contributed by atoms with van der Waals surface area (Å²) in [7, 11) is 0. The van der Waals surface area contributed by atoms with E-state index in [2.05, 4.69) is 19.1 Å². The Bertz CT molecular complexity index is 356. The predicted molar refractivity (Wildman–Crippen MR) is 66.8 cm³/mol. The fraction of sp³-hybridized carbons (Fsp3) is 0.533. The minimum Gasteiger partial charge on any atom is -0.295 e. The van der Waals surface area contributed by atoms with E-state index in [0.29, 0.717) is 0 Å². The second-order valence-electron chi connectivity index (χ2n) is 5.13. The van der Waals surface area contributed by atoms with Crippen molar-refractivity contribution in [3.63, 3.8) is 0 Å². The Balaban J connectivity index is 2.07. The van der Waals surface area contributed by atoms with Crippen molar-refractivity contribution in [1.82, 2.24) is 0 Å². The van der Waals surface area contributed by atoms with E-state index in [4.69, 9.17) is 0 Å². The number of hydrogen-bond donors (Lipinski definition) is 0. The molecule has 0 aliphatic heterocycles.